The van der Waals surface area contributed by atoms with Crippen molar-refractivity contribution in [1.82, 2.24) is 9.55 Å². The molecule has 0 radical (unpaired) electrons. The van der Waals surface area contributed by atoms with Gasteiger partial charge in [-0.3, -0.25) is 19.0 Å². The van der Waals surface area contributed by atoms with Gasteiger partial charge in [0, 0.05) is 0 Å². The first-order valence-electron chi connectivity index (χ1n) is 9.40. The van der Waals surface area contributed by atoms with Gasteiger partial charge in [0.2, 0.25) is 0 Å². The van der Waals surface area contributed by atoms with E-state index in [1.54, 1.807) is 31.2 Å². The fourth-order valence-corrected chi connectivity index (χ4v) is 3.89. The number of aromatic nitrogens is 2. The Hall–Kier alpha value is -3.20. The van der Waals surface area contributed by atoms with E-state index in [1.807, 2.05) is 13.8 Å². The van der Waals surface area contributed by atoms with E-state index in [2.05, 4.69) is 10.3 Å². The molecule has 0 saturated heterocycles. The van der Waals surface area contributed by atoms with E-state index < -0.39 is 5.97 Å². The topological polar surface area (TPSA) is 99.5 Å². The van der Waals surface area contributed by atoms with Crippen molar-refractivity contribution >= 4 is 39.1 Å². The Morgan fingerprint density at radius 1 is 1.27 bits per heavy atom. The molecule has 9 heteroatoms. The molecule has 0 bridgehead atoms. The molecule has 0 atom stereocenters. The number of nitrogens with zero attached hydrogens (tertiary/aromatic N) is 2. The lowest BCUT2D eigenvalue weighted by Crippen LogP contribution is -2.26. The summed E-state index contributed by atoms with van der Waals surface area (Å²) in [5, 5.41) is 3.13. The monoisotopic (exact) mass is 429 g/mol. The second-order valence-corrected chi connectivity index (χ2v) is 8.14. The van der Waals surface area contributed by atoms with Gasteiger partial charge in [-0.05, 0) is 30.5 Å². The van der Waals surface area contributed by atoms with Crippen molar-refractivity contribution in [2.75, 3.05) is 19.0 Å². The van der Waals surface area contributed by atoms with Crippen molar-refractivity contribution < 1.29 is 19.1 Å². The first-order chi connectivity index (χ1) is 14.3. The molecule has 3 aromatic rings. The van der Waals surface area contributed by atoms with Crippen LogP contribution in [-0.2, 0) is 16.1 Å². The Morgan fingerprint density at radius 3 is 2.70 bits per heavy atom. The molecule has 8 nitrogen and oxygen atoms in total. The summed E-state index contributed by atoms with van der Waals surface area (Å²) in [4.78, 5) is 42.8. The van der Waals surface area contributed by atoms with Crippen LogP contribution in [0.2, 0.25) is 0 Å². The highest BCUT2D eigenvalue weighted by Gasteiger charge is 2.21. The lowest BCUT2D eigenvalue weighted by molar-refractivity contribution is -0.145. The number of amides is 1. The maximum absolute atomic E-state index is 12.9. The molecule has 0 fully saturated rings. The van der Waals surface area contributed by atoms with Crippen LogP contribution < -0.4 is 15.6 Å². The fourth-order valence-electron chi connectivity index (χ4n) is 2.86. The zero-order valence-electron chi connectivity index (χ0n) is 17.2. The molecule has 2 aromatic heterocycles. The number of carbonyl (C=O) groups is 2. The molecule has 30 heavy (non-hydrogen) atoms. The number of esters is 1. The van der Waals surface area contributed by atoms with Crippen LogP contribution in [0.3, 0.4) is 0 Å². The second-order valence-electron chi connectivity index (χ2n) is 7.15. The number of ether oxygens (including phenoxy) is 2. The van der Waals surface area contributed by atoms with Gasteiger partial charge in [-0.25, -0.2) is 4.98 Å². The first-order valence-corrected chi connectivity index (χ1v) is 10.2. The normalized spacial score (nSPS) is 11.0. The van der Waals surface area contributed by atoms with E-state index >= 15 is 0 Å². The maximum Gasteiger partial charge on any atom is 0.326 e. The standard InChI is InChI=1S/C21H23N3O5S/c1-12(2)10-29-16(25)9-24-11-22-20-17(21(24)27)13(3)18(30-20)19(26)23-14-7-5-6-8-15(14)28-4/h5-8,11-12H,9-10H2,1-4H3,(H,23,26). The maximum atomic E-state index is 12.9. The molecule has 0 unspecified atom stereocenters. The van der Waals surface area contributed by atoms with Crippen molar-refractivity contribution in [2.45, 2.75) is 27.3 Å². The molecule has 0 aliphatic carbocycles. The summed E-state index contributed by atoms with van der Waals surface area (Å²) in [5.41, 5.74) is 0.663. The molecular formula is C21H23N3O5S. The highest BCUT2D eigenvalue weighted by Crippen LogP contribution is 2.29. The van der Waals surface area contributed by atoms with Crippen LogP contribution in [0.5, 0.6) is 5.75 Å². The van der Waals surface area contributed by atoms with Gasteiger partial charge in [0.05, 0.1) is 36.0 Å². The van der Waals surface area contributed by atoms with Gasteiger partial charge in [-0.15, -0.1) is 11.3 Å². The molecule has 1 aromatic carbocycles. The van der Waals surface area contributed by atoms with Crippen molar-refractivity contribution in [2.24, 2.45) is 5.92 Å². The third kappa shape index (κ3) is 4.51. The Balaban J connectivity index is 1.88. The van der Waals surface area contributed by atoms with Crippen molar-refractivity contribution in [3.05, 3.63) is 51.4 Å². The lowest BCUT2D eigenvalue weighted by atomic mass is 10.2. The zero-order chi connectivity index (χ0) is 21.8. The Bertz CT molecular complexity index is 1150. The van der Waals surface area contributed by atoms with Crippen LogP contribution in [0.1, 0.15) is 29.1 Å². The average molecular weight is 429 g/mol. The number of anilines is 1. The number of carbonyl (C=O) groups excluding carboxylic acids is 2. The summed E-state index contributed by atoms with van der Waals surface area (Å²) in [6.07, 6.45) is 1.30. The lowest BCUT2D eigenvalue weighted by Gasteiger charge is -2.09. The highest BCUT2D eigenvalue weighted by molar-refractivity contribution is 7.20. The fraction of sp³-hybridized carbons (Fsp3) is 0.333. The molecule has 1 N–H and O–H groups in total. The Labute approximate surface area is 177 Å². The van der Waals surface area contributed by atoms with Gasteiger partial charge < -0.3 is 14.8 Å². The van der Waals surface area contributed by atoms with Crippen molar-refractivity contribution in [1.29, 1.82) is 0 Å². The number of hydrogen-bond acceptors (Lipinski definition) is 7. The van der Waals surface area contributed by atoms with Gasteiger partial charge in [-0.2, -0.15) is 0 Å². The number of methoxy groups -OCH3 is 1. The SMILES string of the molecule is COc1ccccc1NC(=O)c1sc2ncn(CC(=O)OCC(C)C)c(=O)c2c1C. The van der Waals surface area contributed by atoms with Crippen molar-refractivity contribution in [3.63, 3.8) is 0 Å². The number of hydrogen-bond donors (Lipinski definition) is 1. The number of benzene rings is 1. The van der Waals surface area contributed by atoms with Crippen LogP contribution in [0.15, 0.2) is 35.4 Å². The highest BCUT2D eigenvalue weighted by atomic mass is 32.1. The summed E-state index contributed by atoms with van der Waals surface area (Å²) >= 11 is 1.13. The number of nitrogens with one attached hydrogen (secondary N) is 1. The Kier molecular flexibility index (Phi) is 6.51. The number of thiophene rings is 1. The summed E-state index contributed by atoms with van der Waals surface area (Å²) in [6, 6.07) is 7.06. The van der Waals surface area contributed by atoms with E-state index in [9.17, 15) is 14.4 Å². The summed E-state index contributed by atoms with van der Waals surface area (Å²) in [5.74, 6) is -0.129. The summed E-state index contributed by atoms with van der Waals surface area (Å²) in [7, 11) is 1.52. The molecule has 1 amide bonds. The van der Waals surface area contributed by atoms with E-state index in [-0.39, 0.29) is 30.5 Å². The van der Waals surface area contributed by atoms with Crippen LogP contribution in [-0.4, -0.2) is 35.1 Å². The van der Waals surface area contributed by atoms with Gasteiger partial charge in [0.15, 0.2) is 0 Å². The molecule has 3 rings (SSSR count). The quantitative estimate of drug-likeness (QED) is 0.579. The van der Waals surface area contributed by atoms with Gasteiger partial charge in [0.25, 0.3) is 11.5 Å². The van der Waals surface area contributed by atoms with E-state index in [4.69, 9.17) is 9.47 Å². The molecule has 2 heterocycles. The van der Waals surface area contributed by atoms with E-state index in [1.165, 1.54) is 18.0 Å². The molecule has 0 aliphatic rings. The predicted molar refractivity (Wildman–Crippen MR) is 115 cm³/mol. The molecule has 158 valence electrons. The molecule has 0 spiro atoms. The van der Waals surface area contributed by atoms with Gasteiger partial charge in [0.1, 0.15) is 17.1 Å². The zero-order valence-corrected chi connectivity index (χ0v) is 18.0. The third-order valence-corrected chi connectivity index (χ3v) is 5.55. The summed E-state index contributed by atoms with van der Waals surface area (Å²) < 4.78 is 11.6. The van der Waals surface area contributed by atoms with E-state index in [0.717, 1.165) is 11.3 Å². The average Bonchev–Trinajstić information content (AvgIpc) is 3.06. The minimum absolute atomic E-state index is 0.203. The minimum Gasteiger partial charge on any atom is -0.495 e. The number of para-hydroxylation sites is 2. The van der Waals surface area contributed by atoms with Crippen LogP contribution in [0, 0.1) is 12.8 Å². The minimum atomic E-state index is -0.506. The molecule has 0 aliphatic heterocycles. The van der Waals surface area contributed by atoms with Crippen LogP contribution in [0.25, 0.3) is 10.2 Å². The van der Waals surface area contributed by atoms with Gasteiger partial charge >= 0.3 is 5.97 Å². The second kappa shape index (κ2) is 9.08. The van der Waals surface area contributed by atoms with Crippen LogP contribution >= 0.6 is 11.3 Å². The largest absolute Gasteiger partial charge is 0.495 e. The smallest absolute Gasteiger partial charge is 0.326 e. The number of rotatable bonds is 7. The Morgan fingerprint density at radius 2 is 2.00 bits per heavy atom. The van der Waals surface area contributed by atoms with Crippen molar-refractivity contribution in [3.8, 4) is 5.75 Å². The third-order valence-electron chi connectivity index (χ3n) is 4.36. The molecule has 0 saturated carbocycles. The van der Waals surface area contributed by atoms with Gasteiger partial charge in [-0.1, -0.05) is 26.0 Å². The summed E-state index contributed by atoms with van der Waals surface area (Å²) in [6.45, 7) is 5.61. The number of fused-ring (bicyclic) bond motifs is 1. The van der Waals surface area contributed by atoms with E-state index in [0.29, 0.717) is 32.1 Å². The first kappa shape index (κ1) is 21.5. The molecular weight excluding hydrogens is 406 g/mol. The predicted octanol–water partition coefficient (Wildman–Crippen LogP) is 3.23. The number of aryl methyl sites for hydroxylation is 1. The van der Waals surface area contributed by atoms with Crippen LogP contribution in [0.4, 0.5) is 5.69 Å².